The van der Waals surface area contributed by atoms with Crippen LogP contribution in [0.3, 0.4) is 0 Å². The van der Waals surface area contributed by atoms with E-state index >= 15 is 0 Å². The quantitative estimate of drug-likeness (QED) is 0.836. The van der Waals surface area contributed by atoms with Gasteiger partial charge in [0.15, 0.2) is 0 Å². The number of thiazole rings is 1. The third-order valence-corrected chi connectivity index (χ3v) is 3.82. The average molecular weight is 355 g/mol. The zero-order chi connectivity index (χ0) is 14.4. The fourth-order valence-electron chi connectivity index (χ4n) is 1.68. The number of pyridine rings is 1. The Morgan fingerprint density at radius 1 is 1.45 bits per heavy atom. The molecule has 5 nitrogen and oxygen atoms in total. The SMILES string of the molecule is CCNc1ncc(Br)cc1C(=O)NCCc1nccs1. The third kappa shape index (κ3) is 4.01. The monoisotopic (exact) mass is 354 g/mol. The number of halogens is 1. The number of carbonyl (C=O) groups is 1. The lowest BCUT2D eigenvalue weighted by molar-refractivity contribution is 0.0954. The number of hydrogen-bond donors (Lipinski definition) is 2. The molecule has 0 aliphatic rings. The maximum atomic E-state index is 12.2. The van der Waals surface area contributed by atoms with E-state index in [1.165, 1.54) is 0 Å². The summed E-state index contributed by atoms with van der Waals surface area (Å²) in [5.74, 6) is 0.466. The van der Waals surface area contributed by atoms with E-state index < -0.39 is 0 Å². The van der Waals surface area contributed by atoms with Crippen molar-refractivity contribution >= 4 is 39.0 Å². The Morgan fingerprint density at radius 3 is 3.00 bits per heavy atom. The molecular weight excluding hydrogens is 340 g/mol. The molecular formula is C13H15BrN4OS. The minimum absolute atomic E-state index is 0.133. The van der Waals surface area contributed by atoms with E-state index in [4.69, 9.17) is 0 Å². The zero-order valence-electron chi connectivity index (χ0n) is 11.0. The highest BCUT2D eigenvalue weighted by Crippen LogP contribution is 2.17. The van der Waals surface area contributed by atoms with Crippen molar-refractivity contribution in [3.05, 3.63) is 38.9 Å². The average Bonchev–Trinajstić information content (AvgIpc) is 2.94. The highest BCUT2D eigenvalue weighted by Gasteiger charge is 2.12. The van der Waals surface area contributed by atoms with Crippen LogP contribution in [0.1, 0.15) is 22.3 Å². The van der Waals surface area contributed by atoms with Gasteiger partial charge in [-0.25, -0.2) is 9.97 Å². The molecule has 0 aliphatic carbocycles. The molecule has 2 rings (SSSR count). The van der Waals surface area contributed by atoms with Gasteiger partial charge in [-0.3, -0.25) is 4.79 Å². The molecule has 7 heteroatoms. The second kappa shape index (κ2) is 7.35. The molecule has 20 heavy (non-hydrogen) atoms. The van der Waals surface area contributed by atoms with Crippen molar-refractivity contribution < 1.29 is 4.79 Å². The van der Waals surface area contributed by atoms with Gasteiger partial charge in [-0.15, -0.1) is 11.3 Å². The smallest absolute Gasteiger partial charge is 0.255 e. The molecule has 0 aromatic carbocycles. The van der Waals surface area contributed by atoms with Gasteiger partial charge in [0.25, 0.3) is 5.91 Å². The number of carbonyl (C=O) groups excluding carboxylic acids is 1. The summed E-state index contributed by atoms with van der Waals surface area (Å²) in [6.07, 6.45) is 4.18. The predicted octanol–water partition coefficient (Wildman–Crippen LogP) is 2.70. The van der Waals surface area contributed by atoms with Crippen molar-refractivity contribution in [1.82, 2.24) is 15.3 Å². The van der Waals surface area contributed by atoms with Gasteiger partial charge in [0.05, 0.1) is 10.6 Å². The van der Waals surface area contributed by atoms with Crippen LogP contribution in [0.5, 0.6) is 0 Å². The maximum Gasteiger partial charge on any atom is 0.255 e. The largest absolute Gasteiger partial charge is 0.370 e. The van der Waals surface area contributed by atoms with Crippen molar-refractivity contribution in [2.45, 2.75) is 13.3 Å². The molecule has 0 fully saturated rings. The van der Waals surface area contributed by atoms with Gasteiger partial charge in [0.2, 0.25) is 0 Å². The minimum atomic E-state index is -0.133. The lowest BCUT2D eigenvalue weighted by Crippen LogP contribution is -2.27. The van der Waals surface area contributed by atoms with Crippen LogP contribution in [0, 0.1) is 0 Å². The first-order valence-corrected chi connectivity index (χ1v) is 7.94. The topological polar surface area (TPSA) is 66.9 Å². The molecule has 2 aromatic rings. The molecule has 0 saturated carbocycles. The summed E-state index contributed by atoms with van der Waals surface area (Å²) in [5.41, 5.74) is 0.542. The Morgan fingerprint density at radius 2 is 2.30 bits per heavy atom. The predicted molar refractivity (Wildman–Crippen MR) is 84.3 cm³/mol. The van der Waals surface area contributed by atoms with Crippen LogP contribution >= 0.6 is 27.3 Å². The van der Waals surface area contributed by atoms with Crippen LogP contribution in [0.4, 0.5) is 5.82 Å². The standard InChI is InChI=1S/C13H15BrN4OS/c1-2-15-12-10(7-9(14)8-18-12)13(19)17-4-3-11-16-5-6-20-11/h5-8H,2-4H2,1H3,(H,15,18)(H,17,19). The molecule has 0 atom stereocenters. The van der Waals surface area contributed by atoms with E-state index in [9.17, 15) is 4.79 Å². The van der Waals surface area contributed by atoms with Crippen molar-refractivity contribution in [2.75, 3.05) is 18.4 Å². The van der Waals surface area contributed by atoms with Crippen molar-refractivity contribution in [3.8, 4) is 0 Å². The highest BCUT2D eigenvalue weighted by molar-refractivity contribution is 9.10. The van der Waals surface area contributed by atoms with Gasteiger partial charge in [-0.05, 0) is 28.9 Å². The summed E-state index contributed by atoms with van der Waals surface area (Å²) in [4.78, 5) is 20.6. The normalized spacial score (nSPS) is 10.3. The molecule has 1 amide bonds. The van der Waals surface area contributed by atoms with Gasteiger partial charge in [-0.1, -0.05) is 0 Å². The van der Waals surface area contributed by atoms with Gasteiger partial charge < -0.3 is 10.6 Å². The lowest BCUT2D eigenvalue weighted by atomic mass is 10.2. The van der Waals surface area contributed by atoms with Crippen molar-refractivity contribution in [3.63, 3.8) is 0 Å². The van der Waals surface area contributed by atoms with E-state index in [-0.39, 0.29) is 5.91 Å². The molecule has 2 heterocycles. The Kier molecular flexibility index (Phi) is 5.49. The first-order chi connectivity index (χ1) is 9.70. The van der Waals surface area contributed by atoms with E-state index in [2.05, 4.69) is 36.5 Å². The van der Waals surface area contributed by atoms with Crippen LogP contribution in [0.2, 0.25) is 0 Å². The fourth-order valence-corrected chi connectivity index (χ4v) is 2.63. The number of nitrogens with one attached hydrogen (secondary N) is 2. The Balaban J connectivity index is 1.99. The van der Waals surface area contributed by atoms with Gasteiger partial charge in [0.1, 0.15) is 5.82 Å². The third-order valence-electron chi connectivity index (χ3n) is 2.55. The van der Waals surface area contributed by atoms with Crippen LogP contribution in [-0.2, 0) is 6.42 Å². The van der Waals surface area contributed by atoms with E-state index in [1.807, 2.05) is 12.3 Å². The number of nitrogens with zero attached hydrogens (tertiary/aromatic N) is 2. The molecule has 0 spiro atoms. The molecule has 0 unspecified atom stereocenters. The number of aromatic nitrogens is 2. The molecule has 2 N–H and O–H groups in total. The summed E-state index contributed by atoms with van der Waals surface area (Å²) >= 11 is 4.93. The van der Waals surface area contributed by atoms with Crippen molar-refractivity contribution in [2.24, 2.45) is 0 Å². The molecule has 0 saturated heterocycles. The molecule has 0 bridgehead atoms. The second-order valence-electron chi connectivity index (χ2n) is 4.01. The Hall–Kier alpha value is -1.47. The van der Waals surface area contributed by atoms with E-state index in [0.717, 1.165) is 15.9 Å². The molecule has 106 valence electrons. The number of rotatable bonds is 6. The second-order valence-corrected chi connectivity index (χ2v) is 5.91. The summed E-state index contributed by atoms with van der Waals surface area (Å²) in [5, 5.41) is 8.92. The molecule has 0 radical (unpaired) electrons. The number of anilines is 1. The van der Waals surface area contributed by atoms with Crippen molar-refractivity contribution in [1.29, 1.82) is 0 Å². The van der Waals surface area contributed by atoms with Crippen LogP contribution in [0.15, 0.2) is 28.3 Å². The zero-order valence-corrected chi connectivity index (χ0v) is 13.4. The molecule has 0 aliphatic heterocycles. The first kappa shape index (κ1) is 14.9. The van der Waals surface area contributed by atoms with Crippen LogP contribution in [-0.4, -0.2) is 29.0 Å². The Labute approximate surface area is 130 Å². The summed E-state index contributed by atoms with van der Waals surface area (Å²) in [6, 6.07) is 1.77. The van der Waals surface area contributed by atoms with E-state index in [1.54, 1.807) is 29.8 Å². The van der Waals surface area contributed by atoms with Crippen LogP contribution in [0.25, 0.3) is 0 Å². The lowest BCUT2D eigenvalue weighted by Gasteiger charge is -2.10. The van der Waals surface area contributed by atoms with Gasteiger partial charge in [0, 0.05) is 41.8 Å². The number of hydrogen-bond acceptors (Lipinski definition) is 5. The maximum absolute atomic E-state index is 12.2. The van der Waals surface area contributed by atoms with Gasteiger partial charge >= 0.3 is 0 Å². The summed E-state index contributed by atoms with van der Waals surface area (Å²) < 4.78 is 0.782. The Bertz CT molecular complexity index is 574. The summed E-state index contributed by atoms with van der Waals surface area (Å²) in [6.45, 7) is 3.24. The highest BCUT2D eigenvalue weighted by atomic mass is 79.9. The van der Waals surface area contributed by atoms with E-state index in [0.29, 0.717) is 24.5 Å². The first-order valence-electron chi connectivity index (χ1n) is 6.26. The van der Waals surface area contributed by atoms with Crippen LogP contribution < -0.4 is 10.6 Å². The summed E-state index contributed by atoms with van der Waals surface area (Å²) in [7, 11) is 0. The molecule has 2 aromatic heterocycles. The van der Waals surface area contributed by atoms with Gasteiger partial charge in [-0.2, -0.15) is 0 Å². The fraction of sp³-hybridized carbons (Fsp3) is 0.308. The number of amides is 1. The minimum Gasteiger partial charge on any atom is -0.370 e.